The lowest BCUT2D eigenvalue weighted by Crippen LogP contribution is -2.31. The molecule has 2 rings (SSSR count). The number of hydrogen-bond donors (Lipinski definition) is 1. The molecule has 0 aromatic heterocycles. The fourth-order valence-corrected chi connectivity index (χ4v) is 3.23. The molecule has 1 fully saturated rings. The minimum Gasteiger partial charge on any atom is -0.380 e. The number of rotatable bonds is 6. The summed E-state index contributed by atoms with van der Waals surface area (Å²) in [6, 6.07) is 5.54. The number of nitro benzene ring substituents is 1. The molecule has 110 valence electrons. The van der Waals surface area contributed by atoms with Gasteiger partial charge >= 0.3 is 0 Å². The van der Waals surface area contributed by atoms with Crippen molar-refractivity contribution in [3.05, 3.63) is 33.9 Å². The lowest BCUT2D eigenvalue weighted by molar-refractivity contribution is -0.384. The van der Waals surface area contributed by atoms with Crippen LogP contribution in [0.5, 0.6) is 0 Å². The third-order valence-corrected chi connectivity index (χ3v) is 4.28. The zero-order chi connectivity index (χ0) is 14.4. The van der Waals surface area contributed by atoms with Crippen molar-refractivity contribution < 1.29 is 4.92 Å². The number of nitrogens with zero attached hydrogens (tertiary/aromatic N) is 2. The first-order valence-corrected chi connectivity index (χ1v) is 8.17. The fraction of sp³-hybridized carbons (Fsp3) is 0.571. The maximum Gasteiger partial charge on any atom is 0.292 e. The quantitative estimate of drug-likeness (QED) is 0.646. The summed E-state index contributed by atoms with van der Waals surface area (Å²) in [5.74, 6) is 2.30. The normalized spacial score (nSPS) is 16.1. The van der Waals surface area contributed by atoms with Gasteiger partial charge in [-0.15, -0.1) is 0 Å². The Balaban J connectivity index is 2.09. The Bertz CT molecular complexity index is 462. The number of benzene rings is 1. The topological polar surface area (TPSA) is 58.4 Å². The van der Waals surface area contributed by atoms with Gasteiger partial charge in [-0.05, 0) is 18.1 Å². The summed E-state index contributed by atoms with van der Waals surface area (Å²) < 4.78 is 0. The highest BCUT2D eigenvalue weighted by Crippen LogP contribution is 2.26. The first kappa shape index (κ1) is 15.1. The zero-order valence-electron chi connectivity index (χ0n) is 11.8. The van der Waals surface area contributed by atoms with E-state index in [0.717, 1.165) is 49.7 Å². The van der Waals surface area contributed by atoms with Crippen LogP contribution < -0.4 is 5.32 Å². The average Bonchev–Trinajstić information content (AvgIpc) is 2.47. The maximum atomic E-state index is 11.2. The molecule has 0 spiro atoms. The Kier molecular flexibility index (Phi) is 5.67. The van der Waals surface area contributed by atoms with Crippen LogP contribution in [-0.2, 0) is 6.54 Å². The van der Waals surface area contributed by atoms with Crippen molar-refractivity contribution in [1.29, 1.82) is 0 Å². The summed E-state index contributed by atoms with van der Waals surface area (Å²) in [4.78, 5) is 13.2. The molecule has 0 amide bonds. The third-order valence-electron chi connectivity index (χ3n) is 3.33. The van der Waals surface area contributed by atoms with Crippen LogP contribution in [0, 0.1) is 10.1 Å². The van der Waals surface area contributed by atoms with Gasteiger partial charge in [0.1, 0.15) is 5.69 Å². The molecule has 1 heterocycles. The Labute approximate surface area is 123 Å². The SMILES string of the molecule is CCCNc1ccc(CN2CCSCC2)cc1[N+](=O)[O-]. The molecular formula is C14H21N3O2S. The largest absolute Gasteiger partial charge is 0.380 e. The molecule has 1 N–H and O–H groups in total. The predicted octanol–water partition coefficient (Wildman–Crippen LogP) is 2.97. The summed E-state index contributed by atoms with van der Waals surface area (Å²) in [7, 11) is 0. The maximum absolute atomic E-state index is 11.2. The molecule has 5 nitrogen and oxygen atoms in total. The van der Waals surface area contributed by atoms with Crippen LogP contribution in [-0.4, -0.2) is 41.0 Å². The molecule has 1 aromatic rings. The molecular weight excluding hydrogens is 274 g/mol. The van der Waals surface area contributed by atoms with Gasteiger partial charge in [0.2, 0.25) is 0 Å². The molecule has 0 bridgehead atoms. The van der Waals surface area contributed by atoms with Gasteiger partial charge in [0, 0.05) is 43.8 Å². The summed E-state index contributed by atoms with van der Waals surface area (Å²) >= 11 is 1.97. The summed E-state index contributed by atoms with van der Waals surface area (Å²) in [6.45, 7) is 5.73. The second-order valence-corrected chi connectivity index (χ2v) is 6.15. The van der Waals surface area contributed by atoms with E-state index in [4.69, 9.17) is 0 Å². The lowest BCUT2D eigenvalue weighted by atomic mass is 10.1. The van der Waals surface area contributed by atoms with E-state index in [1.54, 1.807) is 6.07 Å². The highest BCUT2D eigenvalue weighted by molar-refractivity contribution is 7.99. The van der Waals surface area contributed by atoms with Crippen molar-refractivity contribution in [2.75, 3.05) is 36.5 Å². The van der Waals surface area contributed by atoms with Crippen molar-refractivity contribution in [3.8, 4) is 0 Å². The number of anilines is 1. The van der Waals surface area contributed by atoms with E-state index in [2.05, 4.69) is 10.2 Å². The van der Waals surface area contributed by atoms with E-state index in [1.165, 1.54) is 0 Å². The van der Waals surface area contributed by atoms with Gasteiger partial charge in [0.15, 0.2) is 0 Å². The molecule has 0 unspecified atom stereocenters. The second-order valence-electron chi connectivity index (χ2n) is 4.92. The number of thioether (sulfide) groups is 1. The van der Waals surface area contributed by atoms with Crippen LogP contribution in [0.2, 0.25) is 0 Å². The van der Waals surface area contributed by atoms with Crippen LogP contribution in [0.3, 0.4) is 0 Å². The highest BCUT2D eigenvalue weighted by Gasteiger charge is 2.16. The zero-order valence-corrected chi connectivity index (χ0v) is 12.6. The molecule has 0 radical (unpaired) electrons. The minimum absolute atomic E-state index is 0.183. The van der Waals surface area contributed by atoms with Gasteiger partial charge < -0.3 is 5.32 Å². The Morgan fingerprint density at radius 2 is 2.15 bits per heavy atom. The average molecular weight is 295 g/mol. The Morgan fingerprint density at radius 1 is 1.40 bits per heavy atom. The van der Waals surface area contributed by atoms with Crippen LogP contribution in [0.25, 0.3) is 0 Å². The Morgan fingerprint density at radius 3 is 2.80 bits per heavy atom. The van der Waals surface area contributed by atoms with Gasteiger partial charge in [0.25, 0.3) is 5.69 Å². The predicted molar refractivity (Wildman–Crippen MR) is 84.5 cm³/mol. The third kappa shape index (κ3) is 4.11. The van der Waals surface area contributed by atoms with Crippen molar-refractivity contribution >= 4 is 23.1 Å². The van der Waals surface area contributed by atoms with E-state index >= 15 is 0 Å². The molecule has 1 aliphatic rings. The van der Waals surface area contributed by atoms with Crippen molar-refractivity contribution in [1.82, 2.24) is 4.90 Å². The Hall–Kier alpha value is -1.27. The monoisotopic (exact) mass is 295 g/mol. The number of hydrogen-bond acceptors (Lipinski definition) is 5. The first-order valence-electron chi connectivity index (χ1n) is 7.02. The van der Waals surface area contributed by atoms with E-state index in [9.17, 15) is 10.1 Å². The van der Waals surface area contributed by atoms with Crippen molar-refractivity contribution in [3.63, 3.8) is 0 Å². The van der Waals surface area contributed by atoms with E-state index in [0.29, 0.717) is 5.69 Å². The molecule has 6 heteroatoms. The highest BCUT2D eigenvalue weighted by atomic mass is 32.2. The number of nitro groups is 1. The van der Waals surface area contributed by atoms with Crippen molar-refractivity contribution in [2.45, 2.75) is 19.9 Å². The van der Waals surface area contributed by atoms with Crippen LogP contribution in [0.4, 0.5) is 11.4 Å². The smallest absolute Gasteiger partial charge is 0.292 e. The molecule has 0 saturated carbocycles. The van der Waals surface area contributed by atoms with E-state index in [1.807, 2.05) is 30.8 Å². The van der Waals surface area contributed by atoms with E-state index in [-0.39, 0.29) is 10.6 Å². The molecule has 0 aliphatic carbocycles. The minimum atomic E-state index is -0.298. The van der Waals surface area contributed by atoms with Crippen LogP contribution in [0.1, 0.15) is 18.9 Å². The second kappa shape index (κ2) is 7.50. The fourth-order valence-electron chi connectivity index (χ4n) is 2.25. The van der Waals surface area contributed by atoms with Gasteiger partial charge in [-0.1, -0.05) is 13.0 Å². The lowest BCUT2D eigenvalue weighted by Gasteiger charge is -2.26. The standard InChI is InChI=1S/C14H21N3O2S/c1-2-5-15-13-4-3-12(10-14(13)17(18)19)11-16-6-8-20-9-7-16/h3-4,10,15H,2,5-9,11H2,1H3. The van der Waals surface area contributed by atoms with Crippen LogP contribution >= 0.6 is 11.8 Å². The molecule has 0 atom stereocenters. The molecule has 1 saturated heterocycles. The van der Waals surface area contributed by atoms with Gasteiger partial charge in [-0.2, -0.15) is 11.8 Å². The van der Waals surface area contributed by atoms with Gasteiger partial charge in [-0.25, -0.2) is 0 Å². The number of nitrogens with one attached hydrogen (secondary N) is 1. The molecule has 1 aliphatic heterocycles. The van der Waals surface area contributed by atoms with Gasteiger partial charge in [0.05, 0.1) is 4.92 Å². The summed E-state index contributed by atoms with van der Waals surface area (Å²) in [5, 5.41) is 14.3. The molecule has 20 heavy (non-hydrogen) atoms. The van der Waals surface area contributed by atoms with Crippen molar-refractivity contribution in [2.24, 2.45) is 0 Å². The van der Waals surface area contributed by atoms with Gasteiger partial charge in [-0.3, -0.25) is 15.0 Å². The summed E-state index contributed by atoms with van der Waals surface area (Å²) in [6.07, 6.45) is 0.949. The summed E-state index contributed by atoms with van der Waals surface area (Å²) in [5.41, 5.74) is 1.82. The van der Waals surface area contributed by atoms with E-state index < -0.39 is 0 Å². The van der Waals surface area contributed by atoms with Crippen LogP contribution in [0.15, 0.2) is 18.2 Å². The molecule has 1 aromatic carbocycles. The first-order chi connectivity index (χ1) is 9.70.